The molecule has 192 valence electrons. The highest BCUT2D eigenvalue weighted by Gasteiger charge is 2.18. The Labute approximate surface area is 216 Å². The minimum Gasteiger partial charge on any atom is -0.492 e. The highest BCUT2D eigenvalue weighted by molar-refractivity contribution is 5.88. The van der Waals surface area contributed by atoms with E-state index in [4.69, 9.17) is 10.5 Å². The third kappa shape index (κ3) is 6.98. The summed E-state index contributed by atoms with van der Waals surface area (Å²) in [7, 11) is 0. The highest BCUT2D eigenvalue weighted by Crippen LogP contribution is 2.36. The molecule has 0 aliphatic rings. The summed E-state index contributed by atoms with van der Waals surface area (Å²) in [6.45, 7) is 8.31. The van der Waals surface area contributed by atoms with Gasteiger partial charge in [-0.05, 0) is 61.5 Å². The summed E-state index contributed by atoms with van der Waals surface area (Å²) in [4.78, 5) is 19.7. The fourth-order valence-corrected chi connectivity index (χ4v) is 4.08. The minimum absolute atomic E-state index is 0.142. The first-order chi connectivity index (χ1) is 18.1. The molecule has 0 amide bonds. The van der Waals surface area contributed by atoms with Crippen molar-refractivity contribution in [3.63, 3.8) is 0 Å². The van der Waals surface area contributed by atoms with Crippen LogP contribution in [0.5, 0.6) is 5.75 Å². The van der Waals surface area contributed by atoms with E-state index in [2.05, 4.69) is 44.0 Å². The van der Waals surface area contributed by atoms with Gasteiger partial charge in [0.2, 0.25) is 5.95 Å². The number of hydrogen-bond acceptors (Lipinski definition) is 8. The maximum absolute atomic E-state index is 13.6. The van der Waals surface area contributed by atoms with Gasteiger partial charge in [-0.2, -0.15) is 4.98 Å². The van der Waals surface area contributed by atoms with Crippen molar-refractivity contribution in [1.29, 1.82) is 0 Å². The number of aromatic nitrogens is 4. The van der Waals surface area contributed by atoms with Crippen LogP contribution in [0.1, 0.15) is 19.4 Å². The van der Waals surface area contributed by atoms with Gasteiger partial charge in [0.25, 0.3) is 0 Å². The maximum atomic E-state index is 13.6. The van der Waals surface area contributed by atoms with Crippen molar-refractivity contribution in [3.05, 3.63) is 78.6 Å². The molecule has 0 aliphatic heterocycles. The zero-order valence-corrected chi connectivity index (χ0v) is 21.2. The molecule has 37 heavy (non-hydrogen) atoms. The molecule has 0 spiro atoms. The van der Waals surface area contributed by atoms with Gasteiger partial charge >= 0.3 is 0 Å². The molecule has 2 heterocycles. The molecule has 0 unspecified atom stereocenters. The number of benzene rings is 2. The third-order valence-electron chi connectivity index (χ3n) is 6.07. The van der Waals surface area contributed by atoms with Gasteiger partial charge in [0.1, 0.15) is 30.3 Å². The van der Waals surface area contributed by atoms with E-state index >= 15 is 0 Å². The quantitative estimate of drug-likeness (QED) is 0.288. The highest BCUT2D eigenvalue weighted by atomic mass is 19.1. The molecular weight excluding hydrogens is 469 g/mol. The summed E-state index contributed by atoms with van der Waals surface area (Å²) in [6, 6.07) is 14.3. The van der Waals surface area contributed by atoms with Gasteiger partial charge in [-0.3, -0.25) is 0 Å². The van der Waals surface area contributed by atoms with Crippen LogP contribution >= 0.6 is 0 Å². The molecule has 2 aromatic heterocycles. The average Bonchev–Trinajstić information content (AvgIpc) is 2.92. The van der Waals surface area contributed by atoms with Crippen LogP contribution in [0.3, 0.4) is 0 Å². The van der Waals surface area contributed by atoms with Crippen molar-refractivity contribution in [3.8, 4) is 28.1 Å². The lowest BCUT2D eigenvalue weighted by Gasteiger charge is -2.18. The first kappa shape index (κ1) is 26.0. The summed E-state index contributed by atoms with van der Waals surface area (Å²) in [5, 5.41) is 3.35. The number of likely N-dealkylation sites (N-methyl/N-ethyl adjacent to an activating group) is 1. The third-order valence-corrected chi connectivity index (χ3v) is 6.07. The molecule has 3 N–H and O–H groups in total. The smallest absolute Gasteiger partial charge is 0.222 e. The number of nitrogens with zero attached hydrogens (tertiary/aromatic N) is 5. The van der Waals surface area contributed by atoms with Crippen LogP contribution in [0.2, 0.25) is 0 Å². The van der Waals surface area contributed by atoms with Crippen LogP contribution in [0, 0.1) is 5.82 Å². The molecule has 9 heteroatoms. The zero-order valence-electron chi connectivity index (χ0n) is 21.2. The summed E-state index contributed by atoms with van der Waals surface area (Å²) in [5.41, 5.74) is 10.0. The van der Waals surface area contributed by atoms with E-state index in [1.165, 1.54) is 18.5 Å². The van der Waals surface area contributed by atoms with Crippen LogP contribution in [-0.2, 0) is 6.42 Å². The van der Waals surface area contributed by atoms with Crippen LogP contribution in [-0.4, -0.2) is 57.6 Å². The molecule has 0 radical (unpaired) electrons. The Hall–Kier alpha value is -4.11. The van der Waals surface area contributed by atoms with E-state index in [1.807, 2.05) is 30.3 Å². The van der Waals surface area contributed by atoms with Gasteiger partial charge in [0.15, 0.2) is 0 Å². The maximum Gasteiger partial charge on any atom is 0.222 e. The van der Waals surface area contributed by atoms with E-state index in [9.17, 15) is 4.39 Å². The Balaban J connectivity index is 1.59. The number of nitrogens with one attached hydrogen (secondary N) is 1. The number of rotatable bonds is 12. The molecule has 4 aromatic rings. The van der Waals surface area contributed by atoms with Gasteiger partial charge in [-0.25, -0.2) is 19.3 Å². The van der Waals surface area contributed by atoms with E-state index in [1.54, 1.807) is 18.5 Å². The first-order valence-electron chi connectivity index (χ1n) is 12.4. The summed E-state index contributed by atoms with van der Waals surface area (Å²) in [5.74, 6) is 1.24. The fourth-order valence-electron chi connectivity index (χ4n) is 4.08. The molecule has 0 atom stereocenters. The van der Waals surface area contributed by atoms with Gasteiger partial charge < -0.3 is 20.7 Å². The second-order valence-corrected chi connectivity index (χ2v) is 8.49. The van der Waals surface area contributed by atoms with Crippen LogP contribution in [0.25, 0.3) is 22.4 Å². The number of anilines is 2. The molecule has 0 bridgehead atoms. The van der Waals surface area contributed by atoms with Gasteiger partial charge in [0.05, 0.1) is 11.3 Å². The van der Waals surface area contributed by atoms with E-state index in [0.29, 0.717) is 31.1 Å². The molecule has 0 aliphatic carbocycles. The predicted molar refractivity (Wildman–Crippen MR) is 145 cm³/mol. The Morgan fingerprint density at radius 3 is 2.43 bits per heavy atom. The molecule has 2 aromatic carbocycles. The van der Waals surface area contributed by atoms with Crippen molar-refractivity contribution in [2.24, 2.45) is 0 Å². The Kier molecular flexibility index (Phi) is 8.93. The topological polar surface area (TPSA) is 102 Å². The van der Waals surface area contributed by atoms with E-state index in [-0.39, 0.29) is 11.8 Å². The molecule has 4 rings (SSSR count). The van der Waals surface area contributed by atoms with Crippen LogP contribution in [0.15, 0.2) is 67.3 Å². The predicted octanol–water partition coefficient (Wildman–Crippen LogP) is 4.70. The van der Waals surface area contributed by atoms with Crippen LogP contribution < -0.4 is 15.8 Å². The lowest BCUT2D eigenvalue weighted by Crippen LogP contribution is -2.27. The Morgan fingerprint density at radius 2 is 1.73 bits per heavy atom. The summed E-state index contributed by atoms with van der Waals surface area (Å²) in [6.07, 6.45) is 5.52. The first-order valence-corrected chi connectivity index (χ1v) is 12.4. The second-order valence-electron chi connectivity index (χ2n) is 8.49. The monoisotopic (exact) mass is 501 g/mol. The standard InChI is InChI=1S/C28H32FN7O/c1-3-36(4-2)14-15-37-24-10-8-21(9-11-24)26-25(22-17-31-19-32-18-22)27(35-28(30)34-26)33-13-12-20-6-5-7-23(29)16-20/h5-11,16-19H,3-4,12-15H2,1-2H3,(H3,30,33,34,35). The summed E-state index contributed by atoms with van der Waals surface area (Å²) < 4.78 is 19.5. The largest absolute Gasteiger partial charge is 0.492 e. The van der Waals surface area contributed by atoms with Crippen molar-refractivity contribution < 1.29 is 9.13 Å². The van der Waals surface area contributed by atoms with Crippen LogP contribution in [0.4, 0.5) is 16.2 Å². The molecule has 0 fully saturated rings. The van der Waals surface area contributed by atoms with Crippen molar-refractivity contribution in [2.75, 3.05) is 43.8 Å². The second kappa shape index (κ2) is 12.7. The summed E-state index contributed by atoms with van der Waals surface area (Å²) >= 11 is 0. The SMILES string of the molecule is CCN(CC)CCOc1ccc(-c2nc(N)nc(NCCc3cccc(F)c3)c2-c2cncnc2)cc1. The van der Waals surface area contributed by atoms with Crippen molar-refractivity contribution in [1.82, 2.24) is 24.8 Å². The number of hydrogen-bond donors (Lipinski definition) is 2. The van der Waals surface area contributed by atoms with Crippen molar-refractivity contribution in [2.45, 2.75) is 20.3 Å². The average molecular weight is 502 g/mol. The van der Waals surface area contributed by atoms with Gasteiger partial charge in [-0.1, -0.05) is 26.0 Å². The number of nitrogens with two attached hydrogens (primary N) is 1. The van der Waals surface area contributed by atoms with Gasteiger partial charge in [-0.15, -0.1) is 0 Å². The fraction of sp³-hybridized carbons (Fsp3) is 0.286. The van der Waals surface area contributed by atoms with E-state index in [0.717, 1.165) is 47.6 Å². The lowest BCUT2D eigenvalue weighted by atomic mass is 10.0. The number of halogens is 1. The molecule has 8 nitrogen and oxygen atoms in total. The Bertz CT molecular complexity index is 1280. The minimum atomic E-state index is -0.256. The zero-order chi connectivity index (χ0) is 26.0. The molecular formula is C28H32FN7O. The molecule has 0 saturated heterocycles. The molecule has 0 saturated carbocycles. The lowest BCUT2D eigenvalue weighted by molar-refractivity contribution is 0.223. The van der Waals surface area contributed by atoms with Gasteiger partial charge in [0, 0.05) is 36.6 Å². The Morgan fingerprint density at radius 1 is 0.973 bits per heavy atom. The number of nitrogen functional groups attached to an aromatic ring is 1. The normalized spacial score (nSPS) is 11.0. The van der Waals surface area contributed by atoms with E-state index < -0.39 is 0 Å². The number of ether oxygens (including phenoxy) is 1. The van der Waals surface area contributed by atoms with Crippen molar-refractivity contribution >= 4 is 11.8 Å².